The Morgan fingerprint density at radius 1 is 1.34 bits per heavy atom. The van der Waals surface area contributed by atoms with E-state index in [-0.39, 0.29) is 11.9 Å². The van der Waals surface area contributed by atoms with E-state index in [2.05, 4.69) is 41.1 Å². The molecule has 1 saturated heterocycles. The number of H-pyrrole nitrogens is 1. The number of rotatable bonds is 6. The number of carbonyl (C=O) groups excluding carboxylic acids is 1. The van der Waals surface area contributed by atoms with Crippen LogP contribution in [0.3, 0.4) is 0 Å². The predicted molar refractivity (Wildman–Crippen MR) is 118 cm³/mol. The van der Waals surface area contributed by atoms with Gasteiger partial charge < -0.3 is 10.1 Å². The van der Waals surface area contributed by atoms with Crippen molar-refractivity contribution in [3.05, 3.63) is 52.8 Å². The van der Waals surface area contributed by atoms with Crippen LogP contribution in [-0.4, -0.2) is 45.7 Å². The normalized spacial score (nSPS) is 18.4. The van der Waals surface area contributed by atoms with Crippen molar-refractivity contribution in [3.8, 4) is 0 Å². The molecule has 0 saturated carbocycles. The van der Waals surface area contributed by atoms with Crippen molar-refractivity contribution in [2.45, 2.75) is 60.1 Å². The third-order valence-corrected chi connectivity index (χ3v) is 5.46. The van der Waals surface area contributed by atoms with Gasteiger partial charge in [0.25, 0.3) is 0 Å². The molecule has 2 aromatic rings. The van der Waals surface area contributed by atoms with Crippen LogP contribution in [0.5, 0.6) is 0 Å². The highest BCUT2D eigenvalue weighted by atomic mass is 16.3. The van der Waals surface area contributed by atoms with Crippen molar-refractivity contribution in [2.24, 2.45) is 10.4 Å². The molecule has 1 aliphatic heterocycles. The smallest absolute Gasteiger partial charge is 0.171 e. The first-order valence-electron chi connectivity index (χ1n) is 10.5. The highest BCUT2D eigenvalue weighted by molar-refractivity contribution is 6.07. The lowest BCUT2D eigenvalue weighted by Gasteiger charge is -2.17. The minimum Gasteiger partial charge on any atom is -0.392 e. The Balaban J connectivity index is 1.91. The summed E-state index contributed by atoms with van der Waals surface area (Å²) in [5.74, 6) is 0.0948. The lowest BCUT2D eigenvalue weighted by Crippen LogP contribution is -2.21. The fourth-order valence-corrected chi connectivity index (χ4v) is 3.79. The SMILES string of the molecule is CC/C(=N\c1c(C(=O)C(C)(C)C)c[nH]c1C)c1cccc(CN2CCC(O)C2)c1. The van der Waals surface area contributed by atoms with E-state index in [9.17, 15) is 9.90 Å². The van der Waals surface area contributed by atoms with Crippen molar-refractivity contribution in [3.63, 3.8) is 0 Å². The number of hydrogen-bond acceptors (Lipinski definition) is 4. The number of aliphatic hydroxyl groups excluding tert-OH is 1. The number of hydrogen-bond donors (Lipinski definition) is 2. The van der Waals surface area contributed by atoms with Gasteiger partial charge in [-0.1, -0.05) is 45.9 Å². The Labute approximate surface area is 173 Å². The number of benzene rings is 1. The van der Waals surface area contributed by atoms with E-state index in [0.29, 0.717) is 5.56 Å². The van der Waals surface area contributed by atoms with Gasteiger partial charge in [-0.25, -0.2) is 0 Å². The van der Waals surface area contributed by atoms with Gasteiger partial charge in [-0.05, 0) is 37.0 Å². The maximum Gasteiger partial charge on any atom is 0.171 e. The summed E-state index contributed by atoms with van der Waals surface area (Å²) in [5, 5.41) is 9.76. The first kappa shape index (κ1) is 21.5. The lowest BCUT2D eigenvalue weighted by atomic mass is 9.87. The second kappa shape index (κ2) is 8.64. The van der Waals surface area contributed by atoms with Crippen molar-refractivity contribution >= 4 is 17.2 Å². The molecule has 1 aliphatic rings. The molecular formula is C24H33N3O2. The van der Waals surface area contributed by atoms with Gasteiger partial charge in [-0.2, -0.15) is 0 Å². The van der Waals surface area contributed by atoms with E-state index in [4.69, 9.17) is 4.99 Å². The van der Waals surface area contributed by atoms with Gasteiger partial charge in [-0.15, -0.1) is 0 Å². The fraction of sp³-hybridized carbons (Fsp3) is 0.500. The van der Waals surface area contributed by atoms with Crippen LogP contribution >= 0.6 is 0 Å². The minimum absolute atomic E-state index is 0.0948. The molecule has 0 amide bonds. The molecule has 5 heteroatoms. The van der Waals surface area contributed by atoms with Crippen molar-refractivity contribution < 1.29 is 9.90 Å². The van der Waals surface area contributed by atoms with E-state index in [1.54, 1.807) is 6.20 Å². The monoisotopic (exact) mass is 395 g/mol. The zero-order valence-corrected chi connectivity index (χ0v) is 18.2. The quantitative estimate of drug-likeness (QED) is 0.553. The minimum atomic E-state index is -0.453. The molecule has 1 fully saturated rings. The van der Waals surface area contributed by atoms with Crippen LogP contribution in [0, 0.1) is 12.3 Å². The largest absolute Gasteiger partial charge is 0.392 e. The molecule has 0 aliphatic carbocycles. The van der Waals surface area contributed by atoms with Gasteiger partial charge in [-0.3, -0.25) is 14.7 Å². The van der Waals surface area contributed by atoms with Crippen LogP contribution in [0.2, 0.25) is 0 Å². The number of aliphatic imine (C=N–C) groups is 1. The van der Waals surface area contributed by atoms with Crippen molar-refractivity contribution in [2.75, 3.05) is 13.1 Å². The molecule has 3 rings (SSSR count). The highest BCUT2D eigenvalue weighted by Gasteiger charge is 2.27. The van der Waals surface area contributed by atoms with Crippen LogP contribution in [-0.2, 0) is 6.54 Å². The fourth-order valence-electron chi connectivity index (χ4n) is 3.79. The number of aromatic nitrogens is 1. The summed E-state index contributed by atoms with van der Waals surface area (Å²) in [6, 6.07) is 8.45. The Bertz CT molecular complexity index is 905. The van der Waals surface area contributed by atoms with E-state index in [1.807, 2.05) is 27.7 Å². The van der Waals surface area contributed by atoms with Crippen LogP contribution in [0.1, 0.15) is 67.7 Å². The number of aryl methyl sites for hydroxylation is 1. The van der Waals surface area contributed by atoms with Gasteiger partial charge in [0, 0.05) is 42.7 Å². The molecule has 5 nitrogen and oxygen atoms in total. The van der Waals surface area contributed by atoms with Gasteiger partial charge >= 0.3 is 0 Å². The van der Waals surface area contributed by atoms with Crippen LogP contribution in [0.25, 0.3) is 0 Å². The second-order valence-corrected chi connectivity index (χ2v) is 9.05. The lowest BCUT2D eigenvalue weighted by molar-refractivity contribution is 0.0859. The Morgan fingerprint density at radius 2 is 2.10 bits per heavy atom. The predicted octanol–water partition coefficient (Wildman–Crippen LogP) is 4.65. The highest BCUT2D eigenvalue weighted by Crippen LogP contribution is 2.31. The molecule has 1 unspecified atom stereocenters. The molecule has 156 valence electrons. The van der Waals surface area contributed by atoms with Crippen LogP contribution < -0.4 is 0 Å². The summed E-state index contributed by atoms with van der Waals surface area (Å²) >= 11 is 0. The van der Waals surface area contributed by atoms with Gasteiger partial charge in [0.15, 0.2) is 5.78 Å². The topological polar surface area (TPSA) is 68.7 Å². The molecule has 1 aromatic carbocycles. The van der Waals surface area contributed by atoms with E-state index in [0.717, 1.165) is 55.1 Å². The summed E-state index contributed by atoms with van der Waals surface area (Å²) in [6.07, 6.45) is 3.20. The first-order chi connectivity index (χ1) is 13.7. The van der Waals surface area contributed by atoms with Crippen LogP contribution in [0.4, 0.5) is 5.69 Å². The number of aromatic amines is 1. The zero-order valence-electron chi connectivity index (χ0n) is 18.2. The van der Waals surface area contributed by atoms with E-state index >= 15 is 0 Å². The van der Waals surface area contributed by atoms with Crippen molar-refractivity contribution in [1.82, 2.24) is 9.88 Å². The summed E-state index contributed by atoms with van der Waals surface area (Å²) in [5.41, 5.74) is 5.13. The van der Waals surface area contributed by atoms with E-state index < -0.39 is 5.41 Å². The maximum absolute atomic E-state index is 12.9. The molecule has 2 heterocycles. The van der Waals surface area contributed by atoms with Crippen LogP contribution in [0.15, 0.2) is 35.5 Å². The summed E-state index contributed by atoms with van der Waals surface area (Å²) in [4.78, 5) is 23.3. The molecule has 1 aromatic heterocycles. The molecular weight excluding hydrogens is 362 g/mol. The van der Waals surface area contributed by atoms with Gasteiger partial charge in [0.1, 0.15) is 0 Å². The molecule has 2 N–H and O–H groups in total. The molecule has 0 spiro atoms. The standard InChI is InChI=1S/C24H33N3O2/c1-6-21(26-22-16(2)25-13-20(22)23(29)24(3,4)5)18-9-7-8-17(12-18)14-27-11-10-19(28)15-27/h7-9,12-13,19,25,28H,6,10-11,14-15H2,1-5H3/b26-21+. The second-order valence-electron chi connectivity index (χ2n) is 9.05. The molecule has 29 heavy (non-hydrogen) atoms. The Kier molecular flexibility index (Phi) is 6.39. The van der Waals surface area contributed by atoms with E-state index in [1.165, 1.54) is 5.56 Å². The number of likely N-dealkylation sites (tertiary alicyclic amines) is 1. The first-order valence-corrected chi connectivity index (χ1v) is 10.5. The number of nitrogens with zero attached hydrogens (tertiary/aromatic N) is 2. The number of carbonyl (C=O) groups is 1. The third kappa shape index (κ3) is 5.03. The number of β-amino-alcohol motifs (C(OH)–C–C–N with tert-alkyl or cyclic N) is 1. The average Bonchev–Trinajstić information content (AvgIpc) is 3.23. The summed E-state index contributed by atoms with van der Waals surface area (Å²) in [6.45, 7) is 12.4. The third-order valence-electron chi connectivity index (χ3n) is 5.46. The van der Waals surface area contributed by atoms with Gasteiger partial charge in [0.05, 0.1) is 17.4 Å². The maximum atomic E-state index is 12.9. The molecule has 1 atom stereocenters. The number of Topliss-reactive ketones (excluding diaryl/α,β-unsaturated/α-hetero) is 1. The number of aliphatic hydroxyl groups is 1. The molecule has 0 radical (unpaired) electrons. The Hall–Kier alpha value is -2.24. The zero-order chi connectivity index (χ0) is 21.2. The number of nitrogens with one attached hydrogen (secondary N) is 1. The van der Waals surface area contributed by atoms with Gasteiger partial charge in [0.2, 0.25) is 0 Å². The number of ketones is 1. The van der Waals surface area contributed by atoms with Crippen molar-refractivity contribution in [1.29, 1.82) is 0 Å². The Morgan fingerprint density at radius 3 is 2.72 bits per heavy atom. The average molecular weight is 396 g/mol. The molecule has 0 bridgehead atoms. The summed E-state index contributed by atoms with van der Waals surface area (Å²) < 4.78 is 0. The summed E-state index contributed by atoms with van der Waals surface area (Å²) in [7, 11) is 0.